The van der Waals surface area contributed by atoms with Crippen LogP contribution in [0.4, 0.5) is 5.69 Å². The highest BCUT2D eigenvalue weighted by Gasteiger charge is 2.28. The Labute approximate surface area is 165 Å². The largest absolute Gasteiger partial charge is 0.493 e. The Hall–Kier alpha value is -2.31. The standard InChI is InChI=1S/C20H24N2O4.ClH/c1-14-19-16(6-9-18(25-2)20(19)26-3)11-13-21(14)12-10-15-4-7-17(8-5-15)22(23)24;/h4-9,14H,10-13H2,1-3H3;1H. The molecule has 0 saturated carbocycles. The van der Waals surface area contributed by atoms with Crippen LogP contribution in [0.3, 0.4) is 0 Å². The number of nitro benzene ring substituents is 1. The lowest BCUT2D eigenvalue weighted by Gasteiger charge is -2.36. The van der Waals surface area contributed by atoms with Gasteiger partial charge in [0.1, 0.15) is 0 Å². The van der Waals surface area contributed by atoms with Crippen molar-refractivity contribution in [2.75, 3.05) is 27.3 Å². The first-order chi connectivity index (χ1) is 12.5. The van der Waals surface area contributed by atoms with Crippen molar-refractivity contribution in [2.45, 2.75) is 25.8 Å². The zero-order valence-electron chi connectivity index (χ0n) is 15.8. The van der Waals surface area contributed by atoms with E-state index < -0.39 is 0 Å². The van der Waals surface area contributed by atoms with E-state index in [0.29, 0.717) is 0 Å². The first kappa shape index (κ1) is 21.0. The molecule has 1 aliphatic heterocycles. The second-order valence-electron chi connectivity index (χ2n) is 6.51. The smallest absolute Gasteiger partial charge is 0.269 e. The summed E-state index contributed by atoms with van der Waals surface area (Å²) in [7, 11) is 3.34. The summed E-state index contributed by atoms with van der Waals surface area (Å²) in [5, 5.41) is 10.8. The first-order valence-corrected chi connectivity index (χ1v) is 8.76. The number of nitro groups is 1. The monoisotopic (exact) mass is 392 g/mol. The van der Waals surface area contributed by atoms with E-state index in [1.807, 2.05) is 18.2 Å². The third kappa shape index (κ3) is 4.34. The van der Waals surface area contributed by atoms with Gasteiger partial charge >= 0.3 is 0 Å². The van der Waals surface area contributed by atoms with Crippen molar-refractivity contribution in [3.05, 3.63) is 63.2 Å². The Morgan fingerprint density at radius 2 is 1.85 bits per heavy atom. The van der Waals surface area contributed by atoms with Gasteiger partial charge in [0.2, 0.25) is 0 Å². The fraction of sp³-hybridized carbons (Fsp3) is 0.400. The SMILES string of the molecule is COc1ccc2c(c1OC)C(C)N(CCc1ccc([N+](=O)[O-])cc1)CC2.Cl. The van der Waals surface area contributed by atoms with Crippen LogP contribution in [0.2, 0.25) is 0 Å². The van der Waals surface area contributed by atoms with Crippen molar-refractivity contribution in [2.24, 2.45) is 0 Å². The normalized spacial score (nSPS) is 16.2. The van der Waals surface area contributed by atoms with Gasteiger partial charge in [0.25, 0.3) is 5.69 Å². The van der Waals surface area contributed by atoms with Crippen molar-refractivity contribution in [1.82, 2.24) is 4.90 Å². The predicted octanol–water partition coefficient (Wildman–Crippen LogP) is 4.20. The van der Waals surface area contributed by atoms with Gasteiger partial charge in [-0.3, -0.25) is 15.0 Å². The number of halogens is 1. The quantitative estimate of drug-likeness (QED) is 0.544. The van der Waals surface area contributed by atoms with Crippen LogP contribution < -0.4 is 9.47 Å². The molecule has 1 unspecified atom stereocenters. The first-order valence-electron chi connectivity index (χ1n) is 8.76. The maximum absolute atomic E-state index is 10.8. The molecule has 0 saturated heterocycles. The molecule has 1 heterocycles. The minimum Gasteiger partial charge on any atom is -0.493 e. The molecule has 0 fully saturated rings. The lowest BCUT2D eigenvalue weighted by atomic mass is 9.91. The maximum atomic E-state index is 10.8. The highest BCUT2D eigenvalue weighted by Crippen LogP contribution is 2.41. The molecule has 146 valence electrons. The highest BCUT2D eigenvalue weighted by molar-refractivity contribution is 5.85. The Morgan fingerprint density at radius 3 is 2.44 bits per heavy atom. The molecule has 6 nitrogen and oxygen atoms in total. The summed E-state index contributed by atoms with van der Waals surface area (Å²) in [5.74, 6) is 1.58. The van der Waals surface area contributed by atoms with Crippen LogP contribution >= 0.6 is 12.4 Å². The van der Waals surface area contributed by atoms with Gasteiger partial charge in [-0.25, -0.2) is 0 Å². The van der Waals surface area contributed by atoms with Gasteiger partial charge in [-0.1, -0.05) is 18.2 Å². The zero-order chi connectivity index (χ0) is 18.7. The Balaban J connectivity index is 0.00000261. The molecular formula is C20H25ClN2O4. The van der Waals surface area contributed by atoms with Crippen molar-refractivity contribution in [3.63, 3.8) is 0 Å². The second kappa shape index (κ2) is 9.06. The number of non-ortho nitro benzene ring substituents is 1. The fourth-order valence-corrected chi connectivity index (χ4v) is 3.67. The van der Waals surface area contributed by atoms with E-state index in [1.165, 1.54) is 11.1 Å². The summed E-state index contributed by atoms with van der Waals surface area (Å²) in [6.07, 6.45) is 1.82. The molecule has 2 aromatic rings. The number of hydrogen-bond donors (Lipinski definition) is 0. The minimum atomic E-state index is -0.368. The molecule has 3 rings (SSSR count). The molecule has 0 spiro atoms. The van der Waals surface area contributed by atoms with Crippen molar-refractivity contribution in [1.29, 1.82) is 0 Å². The highest BCUT2D eigenvalue weighted by atomic mass is 35.5. The third-order valence-corrected chi connectivity index (χ3v) is 5.14. The van der Waals surface area contributed by atoms with E-state index in [2.05, 4.69) is 17.9 Å². The summed E-state index contributed by atoms with van der Waals surface area (Å²) < 4.78 is 11.1. The van der Waals surface area contributed by atoms with Crippen molar-refractivity contribution >= 4 is 18.1 Å². The number of benzene rings is 2. The Kier molecular flexibility index (Phi) is 7.05. The molecule has 27 heavy (non-hydrogen) atoms. The van der Waals surface area contributed by atoms with E-state index in [-0.39, 0.29) is 29.1 Å². The lowest BCUT2D eigenvalue weighted by Crippen LogP contribution is -2.35. The van der Waals surface area contributed by atoms with E-state index in [0.717, 1.165) is 43.0 Å². The molecule has 2 aromatic carbocycles. The fourth-order valence-electron chi connectivity index (χ4n) is 3.67. The topological polar surface area (TPSA) is 64.8 Å². The summed E-state index contributed by atoms with van der Waals surface area (Å²) in [6, 6.07) is 11.1. The summed E-state index contributed by atoms with van der Waals surface area (Å²) >= 11 is 0. The van der Waals surface area contributed by atoms with Gasteiger partial charge in [-0.05, 0) is 37.0 Å². The molecule has 0 bridgehead atoms. The molecule has 0 aromatic heterocycles. The summed E-state index contributed by atoms with van der Waals surface area (Å²) in [6.45, 7) is 4.06. The van der Waals surface area contributed by atoms with Gasteiger partial charge in [0.15, 0.2) is 11.5 Å². The summed E-state index contributed by atoms with van der Waals surface area (Å²) in [4.78, 5) is 12.8. The molecule has 7 heteroatoms. The van der Waals surface area contributed by atoms with Crippen molar-refractivity contribution in [3.8, 4) is 11.5 Å². The molecule has 0 radical (unpaired) electrons. The van der Waals surface area contributed by atoms with Crippen LogP contribution in [-0.4, -0.2) is 37.1 Å². The minimum absolute atomic E-state index is 0. The number of ether oxygens (including phenoxy) is 2. The predicted molar refractivity (Wildman–Crippen MR) is 107 cm³/mol. The molecular weight excluding hydrogens is 368 g/mol. The number of rotatable bonds is 6. The van der Waals surface area contributed by atoms with Gasteiger partial charge in [0, 0.05) is 36.8 Å². The average Bonchev–Trinajstić information content (AvgIpc) is 2.66. The van der Waals surface area contributed by atoms with Crippen LogP contribution in [-0.2, 0) is 12.8 Å². The van der Waals surface area contributed by atoms with Gasteiger partial charge < -0.3 is 9.47 Å². The van der Waals surface area contributed by atoms with E-state index in [1.54, 1.807) is 26.4 Å². The third-order valence-electron chi connectivity index (χ3n) is 5.14. The molecule has 0 aliphatic carbocycles. The molecule has 0 amide bonds. The maximum Gasteiger partial charge on any atom is 0.269 e. The second-order valence-corrected chi connectivity index (χ2v) is 6.51. The average molecular weight is 393 g/mol. The number of nitrogens with zero attached hydrogens (tertiary/aromatic N) is 2. The number of methoxy groups -OCH3 is 2. The Bertz CT molecular complexity index is 795. The van der Waals surface area contributed by atoms with Gasteiger partial charge in [0.05, 0.1) is 19.1 Å². The van der Waals surface area contributed by atoms with E-state index >= 15 is 0 Å². The van der Waals surface area contributed by atoms with Crippen LogP contribution in [0.15, 0.2) is 36.4 Å². The number of hydrogen-bond acceptors (Lipinski definition) is 5. The van der Waals surface area contributed by atoms with Crippen LogP contribution in [0.25, 0.3) is 0 Å². The van der Waals surface area contributed by atoms with E-state index in [9.17, 15) is 10.1 Å². The summed E-state index contributed by atoms with van der Waals surface area (Å²) in [5.41, 5.74) is 3.74. The molecule has 1 atom stereocenters. The van der Waals surface area contributed by atoms with E-state index in [4.69, 9.17) is 9.47 Å². The lowest BCUT2D eigenvalue weighted by molar-refractivity contribution is -0.384. The molecule has 0 N–H and O–H groups in total. The Morgan fingerprint density at radius 1 is 1.15 bits per heavy atom. The van der Waals surface area contributed by atoms with Crippen LogP contribution in [0.5, 0.6) is 11.5 Å². The van der Waals surface area contributed by atoms with Gasteiger partial charge in [-0.15, -0.1) is 12.4 Å². The van der Waals surface area contributed by atoms with Crippen LogP contribution in [0.1, 0.15) is 29.7 Å². The van der Waals surface area contributed by atoms with Crippen LogP contribution in [0, 0.1) is 10.1 Å². The molecule has 1 aliphatic rings. The zero-order valence-corrected chi connectivity index (χ0v) is 16.6. The number of fused-ring (bicyclic) bond motifs is 1. The van der Waals surface area contributed by atoms with Gasteiger partial charge in [-0.2, -0.15) is 0 Å². The van der Waals surface area contributed by atoms with Crippen molar-refractivity contribution < 1.29 is 14.4 Å².